The molecule has 2 heterocycles. The first-order chi connectivity index (χ1) is 10.5. The minimum atomic E-state index is -0.0840. The number of nitrogens with two attached hydrogens (primary N) is 1. The number of nitrogens with one attached hydrogen (secondary N) is 1. The van der Waals surface area contributed by atoms with Gasteiger partial charge in [0.1, 0.15) is 18.0 Å². The van der Waals surface area contributed by atoms with Gasteiger partial charge < -0.3 is 16.0 Å². The number of hydrogen-bond donors (Lipinski definition) is 2. The SMILES string of the molecule is CN(C)C(=O)n1ccc2cc(Nc3cc(N)ncn3)ccc21. The molecule has 7 heteroatoms. The summed E-state index contributed by atoms with van der Waals surface area (Å²) in [5.41, 5.74) is 7.35. The average Bonchev–Trinajstić information content (AvgIpc) is 2.89. The molecule has 3 N–H and O–H groups in total. The summed E-state index contributed by atoms with van der Waals surface area (Å²) in [5.74, 6) is 1.02. The molecular formula is C15H16N6O. The first kappa shape index (κ1) is 13.9. The summed E-state index contributed by atoms with van der Waals surface area (Å²) >= 11 is 0. The second kappa shape index (κ2) is 5.36. The zero-order chi connectivity index (χ0) is 15.7. The highest BCUT2D eigenvalue weighted by molar-refractivity contribution is 5.93. The van der Waals surface area contributed by atoms with E-state index in [2.05, 4.69) is 15.3 Å². The van der Waals surface area contributed by atoms with Crippen molar-refractivity contribution in [3.8, 4) is 0 Å². The summed E-state index contributed by atoms with van der Waals surface area (Å²) in [6.07, 6.45) is 3.17. The number of carbonyl (C=O) groups is 1. The van der Waals surface area contributed by atoms with Gasteiger partial charge in [0, 0.05) is 37.4 Å². The predicted octanol–water partition coefficient (Wildman–Crippen LogP) is 2.29. The molecule has 2 aromatic heterocycles. The van der Waals surface area contributed by atoms with Gasteiger partial charge in [0.15, 0.2) is 0 Å². The van der Waals surface area contributed by atoms with Gasteiger partial charge >= 0.3 is 6.03 Å². The molecule has 0 fully saturated rings. The number of aromatic nitrogens is 3. The highest BCUT2D eigenvalue weighted by atomic mass is 16.2. The standard InChI is InChI=1S/C15H16N6O/c1-20(2)15(22)21-6-5-10-7-11(3-4-12(10)21)19-14-8-13(16)17-9-18-14/h3-9H,1-2H3,(H3,16,17,18,19). The molecule has 0 aliphatic heterocycles. The van der Waals surface area contributed by atoms with E-state index in [1.165, 1.54) is 11.2 Å². The van der Waals surface area contributed by atoms with Crippen molar-refractivity contribution in [3.05, 3.63) is 42.9 Å². The van der Waals surface area contributed by atoms with Crippen molar-refractivity contribution in [1.29, 1.82) is 0 Å². The lowest BCUT2D eigenvalue weighted by Crippen LogP contribution is -2.26. The first-order valence-corrected chi connectivity index (χ1v) is 6.72. The number of benzene rings is 1. The second-order valence-electron chi connectivity index (χ2n) is 5.09. The molecule has 3 rings (SSSR count). The van der Waals surface area contributed by atoms with E-state index in [1.807, 2.05) is 24.3 Å². The number of rotatable bonds is 2. The van der Waals surface area contributed by atoms with Crippen LogP contribution in [0.1, 0.15) is 0 Å². The number of fused-ring (bicyclic) bond motifs is 1. The van der Waals surface area contributed by atoms with Gasteiger partial charge in [-0.3, -0.25) is 4.57 Å². The molecule has 0 aliphatic rings. The molecule has 1 amide bonds. The van der Waals surface area contributed by atoms with E-state index < -0.39 is 0 Å². The van der Waals surface area contributed by atoms with Crippen LogP contribution in [0.4, 0.5) is 22.1 Å². The number of anilines is 3. The molecule has 0 saturated heterocycles. The summed E-state index contributed by atoms with van der Waals surface area (Å²) in [6, 6.07) is 9.21. The first-order valence-electron chi connectivity index (χ1n) is 6.72. The van der Waals surface area contributed by atoms with Gasteiger partial charge in [-0.05, 0) is 24.3 Å². The van der Waals surface area contributed by atoms with E-state index in [4.69, 9.17) is 5.73 Å². The highest BCUT2D eigenvalue weighted by Gasteiger charge is 2.10. The molecule has 0 radical (unpaired) electrons. The van der Waals surface area contributed by atoms with E-state index >= 15 is 0 Å². The summed E-state index contributed by atoms with van der Waals surface area (Å²) in [4.78, 5) is 21.6. The van der Waals surface area contributed by atoms with Crippen LogP contribution >= 0.6 is 0 Å². The third-order valence-corrected chi connectivity index (χ3v) is 3.24. The van der Waals surface area contributed by atoms with Crippen molar-refractivity contribution < 1.29 is 4.79 Å². The van der Waals surface area contributed by atoms with Crippen molar-refractivity contribution in [2.24, 2.45) is 0 Å². The van der Waals surface area contributed by atoms with E-state index in [1.54, 1.807) is 30.9 Å². The van der Waals surface area contributed by atoms with Crippen LogP contribution in [0.15, 0.2) is 42.9 Å². The molecule has 0 atom stereocenters. The number of carbonyl (C=O) groups excluding carboxylic acids is 1. The van der Waals surface area contributed by atoms with Crippen LogP contribution in [0.25, 0.3) is 10.9 Å². The van der Waals surface area contributed by atoms with E-state index in [9.17, 15) is 4.79 Å². The number of amides is 1. The van der Waals surface area contributed by atoms with E-state index in [-0.39, 0.29) is 6.03 Å². The van der Waals surface area contributed by atoms with Gasteiger partial charge in [-0.15, -0.1) is 0 Å². The van der Waals surface area contributed by atoms with Crippen LogP contribution in [0.3, 0.4) is 0 Å². The normalized spacial score (nSPS) is 10.6. The maximum Gasteiger partial charge on any atom is 0.328 e. The monoisotopic (exact) mass is 296 g/mol. The summed E-state index contributed by atoms with van der Waals surface area (Å²) in [5, 5.41) is 4.12. The lowest BCUT2D eigenvalue weighted by Gasteiger charge is -2.12. The number of nitrogen functional groups attached to an aromatic ring is 1. The van der Waals surface area contributed by atoms with Crippen LogP contribution in [0.2, 0.25) is 0 Å². The van der Waals surface area contributed by atoms with Crippen LogP contribution in [0.5, 0.6) is 0 Å². The maximum atomic E-state index is 12.1. The summed E-state index contributed by atoms with van der Waals surface area (Å²) in [7, 11) is 3.45. The fourth-order valence-electron chi connectivity index (χ4n) is 2.19. The van der Waals surface area contributed by atoms with E-state index in [0.717, 1.165) is 16.6 Å². The van der Waals surface area contributed by atoms with Crippen LogP contribution < -0.4 is 11.1 Å². The van der Waals surface area contributed by atoms with Crippen LogP contribution in [-0.2, 0) is 0 Å². The molecule has 22 heavy (non-hydrogen) atoms. The molecule has 112 valence electrons. The Labute approximate surface area is 127 Å². The van der Waals surface area contributed by atoms with E-state index in [0.29, 0.717) is 11.6 Å². The molecule has 0 unspecified atom stereocenters. The smallest absolute Gasteiger partial charge is 0.328 e. The fourth-order valence-corrected chi connectivity index (χ4v) is 2.19. The highest BCUT2D eigenvalue weighted by Crippen LogP contribution is 2.23. The average molecular weight is 296 g/mol. The zero-order valence-corrected chi connectivity index (χ0v) is 12.3. The van der Waals surface area contributed by atoms with Crippen LogP contribution in [0, 0.1) is 0 Å². The summed E-state index contributed by atoms with van der Waals surface area (Å²) in [6.45, 7) is 0. The Morgan fingerprint density at radius 3 is 2.77 bits per heavy atom. The molecular weight excluding hydrogens is 280 g/mol. The Bertz CT molecular complexity index is 839. The van der Waals surface area contributed by atoms with Crippen molar-refractivity contribution in [1.82, 2.24) is 19.4 Å². The van der Waals surface area contributed by atoms with Gasteiger partial charge in [-0.2, -0.15) is 0 Å². The van der Waals surface area contributed by atoms with Gasteiger partial charge in [-0.25, -0.2) is 14.8 Å². The molecule has 0 saturated carbocycles. The Kier molecular flexibility index (Phi) is 3.38. The molecule has 1 aromatic carbocycles. The van der Waals surface area contributed by atoms with Crippen molar-refractivity contribution in [2.75, 3.05) is 25.1 Å². The van der Waals surface area contributed by atoms with Crippen molar-refractivity contribution in [3.63, 3.8) is 0 Å². The van der Waals surface area contributed by atoms with Gasteiger partial charge in [0.05, 0.1) is 5.52 Å². The number of nitrogens with zero attached hydrogens (tertiary/aromatic N) is 4. The minimum absolute atomic E-state index is 0.0840. The Hall–Kier alpha value is -3.09. The zero-order valence-electron chi connectivity index (χ0n) is 12.3. The molecule has 0 bridgehead atoms. The lowest BCUT2D eigenvalue weighted by molar-refractivity contribution is 0.220. The Morgan fingerprint density at radius 2 is 2.05 bits per heavy atom. The fraction of sp³-hybridized carbons (Fsp3) is 0.133. The van der Waals surface area contributed by atoms with Crippen LogP contribution in [-0.4, -0.2) is 39.6 Å². The Balaban J connectivity index is 1.93. The topological polar surface area (TPSA) is 89.1 Å². The van der Waals surface area contributed by atoms with Gasteiger partial charge in [0.25, 0.3) is 0 Å². The Morgan fingerprint density at radius 1 is 1.23 bits per heavy atom. The lowest BCUT2D eigenvalue weighted by atomic mass is 10.2. The largest absolute Gasteiger partial charge is 0.384 e. The number of hydrogen-bond acceptors (Lipinski definition) is 5. The van der Waals surface area contributed by atoms with Crippen molar-refractivity contribution >= 4 is 34.3 Å². The molecule has 7 nitrogen and oxygen atoms in total. The minimum Gasteiger partial charge on any atom is -0.384 e. The molecule has 3 aromatic rings. The van der Waals surface area contributed by atoms with Gasteiger partial charge in [-0.1, -0.05) is 0 Å². The summed E-state index contributed by atoms with van der Waals surface area (Å²) < 4.78 is 1.61. The molecule has 0 aliphatic carbocycles. The third kappa shape index (κ3) is 2.56. The predicted molar refractivity (Wildman–Crippen MR) is 86.1 cm³/mol. The van der Waals surface area contributed by atoms with Gasteiger partial charge in [0.2, 0.25) is 0 Å². The van der Waals surface area contributed by atoms with Crippen molar-refractivity contribution in [2.45, 2.75) is 0 Å². The quantitative estimate of drug-likeness (QED) is 0.757. The maximum absolute atomic E-state index is 12.1. The third-order valence-electron chi connectivity index (χ3n) is 3.24. The second-order valence-corrected chi connectivity index (χ2v) is 5.09. The molecule has 0 spiro atoms.